The van der Waals surface area contributed by atoms with E-state index in [0.717, 1.165) is 0 Å². The zero-order chi connectivity index (χ0) is 10.9. The first-order valence-electron chi connectivity index (χ1n) is 3.25. The average molecular weight is 198 g/mol. The lowest BCUT2D eigenvalue weighted by atomic mass is 10.1. The van der Waals surface area contributed by atoms with E-state index in [9.17, 15) is 29.8 Å². The molecule has 0 amide bonds. The van der Waals surface area contributed by atoms with Crippen LogP contribution in [-0.2, 0) is 9.59 Å². The zero-order valence-corrected chi connectivity index (χ0v) is 6.50. The molecule has 1 rings (SSSR count). The molecule has 0 saturated carbocycles. The summed E-state index contributed by atoms with van der Waals surface area (Å²) in [5, 5.41) is 20.5. The van der Waals surface area contributed by atoms with Crippen LogP contribution in [0.1, 0.15) is 0 Å². The summed E-state index contributed by atoms with van der Waals surface area (Å²) in [4.78, 5) is 39.8. The van der Waals surface area contributed by atoms with Crippen molar-refractivity contribution in [3.63, 3.8) is 0 Å². The Morgan fingerprint density at radius 3 is 1.36 bits per heavy atom. The first kappa shape index (κ1) is 9.71. The second-order valence-electron chi connectivity index (χ2n) is 2.27. The molecule has 8 heteroatoms. The second kappa shape index (κ2) is 3.17. The minimum atomic E-state index is -1.29. The third-order valence-corrected chi connectivity index (χ3v) is 1.44. The molecule has 1 aliphatic rings. The Morgan fingerprint density at radius 2 is 1.14 bits per heavy atom. The van der Waals surface area contributed by atoms with Crippen molar-refractivity contribution in [2.45, 2.75) is 0 Å². The number of nitrogens with zero attached hydrogens (tertiary/aromatic N) is 2. The van der Waals surface area contributed by atoms with Gasteiger partial charge in [-0.2, -0.15) is 0 Å². The summed E-state index contributed by atoms with van der Waals surface area (Å²) in [5.74, 6) is -2.30. The topological polar surface area (TPSA) is 120 Å². The fourth-order valence-electron chi connectivity index (χ4n) is 0.896. The van der Waals surface area contributed by atoms with Crippen LogP contribution in [0, 0.1) is 20.2 Å². The van der Waals surface area contributed by atoms with Crippen molar-refractivity contribution in [1.82, 2.24) is 0 Å². The van der Waals surface area contributed by atoms with Gasteiger partial charge in [-0.3, -0.25) is 29.8 Å². The average Bonchev–Trinajstić information content (AvgIpc) is 2.07. The molecule has 0 aliphatic heterocycles. The number of allylic oxidation sites excluding steroid dienone is 2. The molecular weight excluding hydrogens is 196 g/mol. The van der Waals surface area contributed by atoms with Crippen LogP contribution in [-0.4, -0.2) is 21.4 Å². The standard InChI is InChI=1S/C6H2N2O6/c9-3-1-2-4(10)6(8(13)14)5(3)7(11)12/h1-2H. The van der Waals surface area contributed by atoms with Crippen LogP contribution in [0.4, 0.5) is 0 Å². The molecule has 0 fully saturated rings. The van der Waals surface area contributed by atoms with Crippen LogP contribution in [0.25, 0.3) is 0 Å². The van der Waals surface area contributed by atoms with Crippen molar-refractivity contribution in [1.29, 1.82) is 0 Å². The molecule has 0 aromatic rings. The van der Waals surface area contributed by atoms with E-state index < -0.39 is 32.8 Å². The Balaban J connectivity index is 3.42. The lowest BCUT2D eigenvalue weighted by molar-refractivity contribution is -0.462. The van der Waals surface area contributed by atoms with Gasteiger partial charge in [0.05, 0.1) is 9.85 Å². The molecule has 0 saturated heterocycles. The van der Waals surface area contributed by atoms with E-state index >= 15 is 0 Å². The van der Waals surface area contributed by atoms with E-state index in [0.29, 0.717) is 12.2 Å². The summed E-state index contributed by atoms with van der Waals surface area (Å²) in [6, 6.07) is 0. The highest BCUT2D eigenvalue weighted by Crippen LogP contribution is 2.14. The van der Waals surface area contributed by atoms with Gasteiger partial charge in [-0.1, -0.05) is 0 Å². The van der Waals surface area contributed by atoms with Crippen LogP contribution in [0.5, 0.6) is 0 Å². The number of ketones is 2. The van der Waals surface area contributed by atoms with Crippen molar-refractivity contribution < 1.29 is 19.4 Å². The van der Waals surface area contributed by atoms with Crippen molar-refractivity contribution >= 4 is 11.6 Å². The number of rotatable bonds is 2. The fraction of sp³-hybridized carbons (Fsp3) is 0. The molecule has 0 unspecified atom stereocenters. The predicted molar refractivity (Wildman–Crippen MR) is 40.2 cm³/mol. The van der Waals surface area contributed by atoms with Gasteiger partial charge < -0.3 is 0 Å². The molecule has 1 aliphatic carbocycles. The van der Waals surface area contributed by atoms with E-state index in [1.807, 2.05) is 0 Å². The predicted octanol–water partition coefficient (Wildman–Crippen LogP) is -0.541. The second-order valence-corrected chi connectivity index (χ2v) is 2.27. The van der Waals surface area contributed by atoms with Crippen LogP contribution in [0.2, 0.25) is 0 Å². The Hall–Kier alpha value is -2.38. The normalized spacial score (nSPS) is 16.0. The minimum absolute atomic E-state index is 0.632. The summed E-state index contributed by atoms with van der Waals surface area (Å²) in [6.07, 6.45) is 1.26. The molecule has 0 radical (unpaired) electrons. The van der Waals surface area contributed by atoms with Gasteiger partial charge in [0.1, 0.15) is 0 Å². The van der Waals surface area contributed by atoms with Gasteiger partial charge >= 0.3 is 11.4 Å². The van der Waals surface area contributed by atoms with Gasteiger partial charge in [-0.05, 0) is 12.2 Å². The van der Waals surface area contributed by atoms with Crippen LogP contribution < -0.4 is 0 Å². The van der Waals surface area contributed by atoms with Gasteiger partial charge in [0.2, 0.25) is 0 Å². The van der Waals surface area contributed by atoms with Crippen molar-refractivity contribution in [2.24, 2.45) is 0 Å². The summed E-state index contributed by atoms with van der Waals surface area (Å²) < 4.78 is 0. The molecule has 0 aromatic heterocycles. The number of nitro groups is 2. The first-order valence-corrected chi connectivity index (χ1v) is 3.25. The van der Waals surface area contributed by atoms with Gasteiger partial charge in [0.25, 0.3) is 11.6 Å². The maximum Gasteiger partial charge on any atom is 0.396 e. The number of carbonyl (C=O) groups excluding carboxylic acids is 2. The zero-order valence-electron chi connectivity index (χ0n) is 6.50. The molecule has 0 spiro atoms. The SMILES string of the molecule is O=C1C=CC(=O)C([N+](=O)[O-])=C1[N+](=O)[O-]. The Morgan fingerprint density at radius 1 is 0.857 bits per heavy atom. The molecule has 14 heavy (non-hydrogen) atoms. The third-order valence-electron chi connectivity index (χ3n) is 1.44. The molecular formula is C6H2N2O6. The molecule has 0 bridgehead atoms. The summed E-state index contributed by atoms with van der Waals surface area (Å²) in [6.45, 7) is 0. The van der Waals surface area contributed by atoms with Crippen molar-refractivity contribution in [2.75, 3.05) is 0 Å². The maximum atomic E-state index is 10.9. The lowest BCUT2D eigenvalue weighted by Gasteiger charge is -1.99. The number of hydrogen-bond acceptors (Lipinski definition) is 6. The molecule has 0 aromatic carbocycles. The third kappa shape index (κ3) is 1.40. The van der Waals surface area contributed by atoms with Gasteiger partial charge in [-0.25, -0.2) is 0 Å². The number of carbonyl (C=O) groups is 2. The smallest absolute Gasteiger partial charge is 0.282 e. The fourth-order valence-corrected chi connectivity index (χ4v) is 0.896. The highest BCUT2D eigenvalue weighted by Gasteiger charge is 2.41. The molecule has 0 atom stereocenters. The van der Waals surface area contributed by atoms with E-state index in [1.54, 1.807) is 0 Å². The van der Waals surface area contributed by atoms with E-state index in [2.05, 4.69) is 0 Å². The van der Waals surface area contributed by atoms with Crippen molar-refractivity contribution in [3.8, 4) is 0 Å². The van der Waals surface area contributed by atoms with E-state index in [-0.39, 0.29) is 0 Å². The van der Waals surface area contributed by atoms with Crippen LogP contribution in [0.3, 0.4) is 0 Å². The summed E-state index contributed by atoms with van der Waals surface area (Å²) in [7, 11) is 0. The van der Waals surface area contributed by atoms with Crippen LogP contribution >= 0.6 is 0 Å². The molecule has 72 valence electrons. The van der Waals surface area contributed by atoms with E-state index in [1.165, 1.54) is 0 Å². The van der Waals surface area contributed by atoms with Crippen LogP contribution in [0.15, 0.2) is 23.5 Å². The number of hydrogen-bond donors (Lipinski definition) is 0. The lowest BCUT2D eigenvalue weighted by Crippen LogP contribution is -2.24. The van der Waals surface area contributed by atoms with Crippen molar-refractivity contribution in [3.05, 3.63) is 43.8 Å². The molecule has 0 heterocycles. The molecule has 8 nitrogen and oxygen atoms in total. The molecule has 0 N–H and O–H groups in total. The Labute approximate surface area is 75.8 Å². The monoisotopic (exact) mass is 198 g/mol. The highest BCUT2D eigenvalue weighted by atomic mass is 16.6. The minimum Gasteiger partial charge on any atom is -0.282 e. The summed E-state index contributed by atoms with van der Waals surface area (Å²) in [5.41, 5.74) is -2.58. The van der Waals surface area contributed by atoms with Gasteiger partial charge in [-0.15, -0.1) is 0 Å². The summed E-state index contributed by atoms with van der Waals surface area (Å²) >= 11 is 0. The Bertz CT molecular complexity index is 380. The quantitative estimate of drug-likeness (QED) is 0.333. The van der Waals surface area contributed by atoms with E-state index in [4.69, 9.17) is 0 Å². The Kier molecular flexibility index (Phi) is 2.19. The van der Waals surface area contributed by atoms with Gasteiger partial charge in [0.15, 0.2) is 0 Å². The van der Waals surface area contributed by atoms with Gasteiger partial charge in [0, 0.05) is 0 Å². The first-order chi connectivity index (χ1) is 6.45. The largest absolute Gasteiger partial charge is 0.396 e. The maximum absolute atomic E-state index is 10.9. The highest BCUT2D eigenvalue weighted by molar-refractivity contribution is 6.17.